The van der Waals surface area contributed by atoms with Crippen molar-refractivity contribution in [1.29, 1.82) is 0 Å². The summed E-state index contributed by atoms with van der Waals surface area (Å²) in [5.41, 5.74) is 4.20. The summed E-state index contributed by atoms with van der Waals surface area (Å²) in [7, 11) is 0. The minimum Gasteiger partial charge on any atom is -0.422 e. The van der Waals surface area contributed by atoms with E-state index >= 15 is 0 Å². The summed E-state index contributed by atoms with van der Waals surface area (Å²) in [5, 5.41) is 13.2. The maximum Gasteiger partial charge on any atom is 0.349 e. The standard InChI is InChI=1S/C29H32N4O5/c34-18-24(28(36)33-14-12-31(13-15-33)21-7-2-1-3-8-21)30-27(35)23-17-20-16-19-6-4-10-32-11-5-9-22(25(19)32)26(20)38-29(23)37/h1-3,7-8,16-17,24,34H,4-6,9-15,18H2,(H,30,35)/t24-/m0/s1. The second-order valence-corrected chi connectivity index (χ2v) is 10.3. The molecule has 0 unspecified atom stereocenters. The normalized spacial score (nSPS) is 17.8. The molecular formula is C29H32N4O5. The second-order valence-electron chi connectivity index (χ2n) is 10.3. The molecule has 9 nitrogen and oxygen atoms in total. The molecule has 0 aliphatic carbocycles. The summed E-state index contributed by atoms with van der Waals surface area (Å²) < 4.78 is 5.72. The van der Waals surface area contributed by atoms with Gasteiger partial charge in [0.1, 0.15) is 17.2 Å². The lowest BCUT2D eigenvalue weighted by Crippen LogP contribution is -2.56. The van der Waals surface area contributed by atoms with Crippen molar-refractivity contribution in [3.8, 4) is 0 Å². The molecular weight excluding hydrogens is 484 g/mol. The van der Waals surface area contributed by atoms with Gasteiger partial charge >= 0.3 is 5.63 Å². The van der Waals surface area contributed by atoms with Gasteiger partial charge in [-0.25, -0.2) is 4.79 Å². The predicted molar refractivity (Wildman–Crippen MR) is 145 cm³/mol. The molecule has 1 saturated heterocycles. The molecule has 2 amide bonds. The van der Waals surface area contributed by atoms with Crippen LogP contribution in [0.4, 0.5) is 11.4 Å². The highest BCUT2D eigenvalue weighted by atomic mass is 16.4. The molecule has 3 aliphatic rings. The van der Waals surface area contributed by atoms with Crippen LogP contribution < -0.4 is 20.7 Å². The number of amides is 2. The summed E-state index contributed by atoms with van der Waals surface area (Å²) in [6, 6.07) is 12.4. The molecule has 6 rings (SSSR count). The summed E-state index contributed by atoms with van der Waals surface area (Å²) in [4.78, 5) is 45.4. The van der Waals surface area contributed by atoms with Crippen LogP contribution in [0.5, 0.6) is 0 Å². The number of anilines is 2. The number of nitrogens with one attached hydrogen (secondary N) is 1. The Kier molecular flexibility index (Phi) is 6.53. The number of carbonyl (C=O) groups is 2. The number of hydrogen-bond donors (Lipinski definition) is 2. The van der Waals surface area contributed by atoms with Gasteiger partial charge in [-0.15, -0.1) is 0 Å². The molecule has 38 heavy (non-hydrogen) atoms. The van der Waals surface area contributed by atoms with Crippen LogP contribution >= 0.6 is 0 Å². The summed E-state index contributed by atoms with van der Waals surface area (Å²) >= 11 is 0. The van der Waals surface area contributed by atoms with Crippen LogP contribution in [-0.4, -0.2) is 73.7 Å². The van der Waals surface area contributed by atoms with Crippen molar-refractivity contribution in [2.24, 2.45) is 0 Å². The number of rotatable bonds is 5. The maximum absolute atomic E-state index is 13.1. The number of hydrogen-bond acceptors (Lipinski definition) is 7. The molecule has 0 spiro atoms. The van der Waals surface area contributed by atoms with E-state index in [1.807, 2.05) is 36.4 Å². The highest BCUT2D eigenvalue weighted by Crippen LogP contribution is 2.39. The summed E-state index contributed by atoms with van der Waals surface area (Å²) in [6.07, 6.45) is 3.86. The minimum atomic E-state index is -1.14. The number of nitrogens with zero attached hydrogens (tertiary/aromatic N) is 3. The van der Waals surface area contributed by atoms with Crippen LogP contribution in [0.25, 0.3) is 11.0 Å². The quantitative estimate of drug-likeness (QED) is 0.499. The first-order valence-corrected chi connectivity index (χ1v) is 13.4. The first kappa shape index (κ1) is 24.5. The fourth-order valence-corrected chi connectivity index (χ4v) is 6.07. The number of aliphatic hydroxyl groups excluding tert-OH is 1. The van der Waals surface area contributed by atoms with E-state index in [0.717, 1.165) is 55.4 Å². The Morgan fingerprint density at radius 2 is 1.68 bits per heavy atom. The van der Waals surface area contributed by atoms with Crippen molar-refractivity contribution in [2.75, 3.05) is 55.7 Å². The van der Waals surface area contributed by atoms with Crippen molar-refractivity contribution < 1.29 is 19.1 Å². The van der Waals surface area contributed by atoms with Gasteiger partial charge in [-0.2, -0.15) is 0 Å². The van der Waals surface area contributed by atoms with Gasteiger partial charge in [-0.3, -0.25) is 9.59 Å². The van der Waals surface area contributed by atoms with Crippen LogP contribution in [0.3, 0.4) is 0 Å². The molecule has 3 aromatic rings. The number of carbonyl (C=O) groups excluding carboxylic acids is 2. The Bertz CT molecular complexity index is 1430. The van der Waals surface area contributed by atoms with E-state index in [1.54, 1.807) is 11.0 Å². The van der Waals surface area contributed by atoms with E-state index in [4.69, 9.17) is 4.42 Å². The molecule has 2 aromatic carbocycles. The SMILES string of the molecule is O=C(N[C@@H](CO)C(=O)N1CCN(c2ccccc2)CC1)c1cc2cc3c4c(c2oc1=O)CCCN4CCC3. The molecule has 3 aliphatic heterocycles. The van der Waals surface area contributed by atoms with Crippen LogP contribution in [0.15, 0.2) is 51.7 Å². The van der Waals surface area contributed by atoms with E-state index in [2.05, 4.69) is 15.1 Å². The van der Waals surface area contributed by atoms with Crippen LogP contribution in [0.2, 0.25) is 0 Å². The van der Waals surface area contributed by atoms with Crippen LogP contribution in [0.1, 0.15) is 34.3 Å². The number of aliphatic hydroxyl groups is 1. The van der Waals surface area contributed by atoms with E-state index in [1.165, 1.54) is 11.3 Å². The third-order valence-corrected chi connectivity index (χ3v) is 7.96. The molecule has 4 heterocycles. The predicted octanol–water partition coefficient (Wildman–Crippen LogP) is 1.93. The van der Waals surface area contributed by atoms with E-state index in [9.17, 15) is 19.5 Å². The first-order chi connectivity index (χ1) is 18.5. The third kappa shape index (κ3) is 4.41. The average Bonchev–Trinajstić information content (AvgIpc) is 2.96. The fraction of sp³-hybridized carbons (Fsp3) is 0.414. The number of benzene rings is 2. The van der Waals surface area contributed by atoms with Crippen molar-refractivity contribution in [3.63, 3.8) is 0 Å². The average molecular weight is 517 g/mol. The summed E-state index contributed by atoms with van der Waals surface area (Å²) in [5.74, 6) is -1.08. The number of fused-ring (bicyclic) bond motifs is 2. The molecule has 198 valence electrons. The molecule has 1 fully saturated rings. The van der Waals surface area contributed by atoms with E-state index < -0.39 is 24.2 Å². The monoisotopic (exact) mass is 516 g/mol. The lowest BCUT2D eigenvalue weighted by molar-refractivity contribution is -0.134. The Morgan fingerprint density at radius 1 is 0.947 bits per heavy atom. The van der Waals surface area contributed by atoms with Crippen LogP contribution in [0, 0.1) is 0 Å². The van der Waals surface area contributed by atoms with E-state index in [-0.39, 0.29) is 11.5 Å². The lowest BCUT2D eigenvalue weighted by Gasteiger charge is -2.37. The topological polar surface area (TPSA) is 106 Å². The van der Waals surface area contributed by atoms with Crippen molar-refractivity contribution in [1.82, 2.24) is 10.2 Å². The third-order valence-electron chi connectivity index (χ3n) is 7.96. The minimum absolute atomic E-state index is 0.159. The van der Waals surface area contributed by atoms with Gasteiger partial charge in [0.05, 0.1) is 6.61 Å². The zero-order valence-corrected chi connectivity index (χ0v) is 21.3. The number of piperazine rings is 1. The van der Waals surface area contributed by atoms with Crippen LogP contribution in [-0.2, 0) is 17.6 Å². The Labute approximate surface area is 220 Å². The smallest absolute Gasteiger partial charge is 0.349 e. The molecule has 9 heteroatoms. The van der Waals surface area contributed by atoms with Gasteiger partial charge in [0.2, 0.25) is 5.91 Å². The number of aryl methyl sites for hydroxylation is 2. The second kappa shape index (κ2) is 10.1. The maximum atomic E-state index is 13.1. The van der Waals surface area contributed by atoms with Crippen molar-refractivity contribution in [3.05, 3.63) is 69.6 Å². The van der Waals surface area contributed by atoms with Gasteiger partial charge in [-0.05, 0) is 55.5 Å². The Balaban J connectivity index is 1.19. The number of para-hydroxylation sites is 1. The van der Waals surface area contributed by atoms with Crippen molar-refractivity contribution in [2.45, 2.75) is 31.7 Å². The first-order valence-electron chi connectivity index (χ1n) is 13.4. The van der Waals surface area contributed by atoms with Gasteiger partial charge in [0.25, 0.3) is 5.91 Å². The van der Waals surface area contributed by atoms with Gasteiger partial charge in [0, 0.05) is 61.6 Å². The largest absolute Gasteiger partial charge is 0.422 e. The molecule has 0 bridgehead atoms. The lowest BCUT2D eigenvalue weighted by atomic mass is 9.90. The zero-order valence-electron chi connectivity index (χ0n) is 21.3. The Morgan fingerprint density at radius 3 is 2.42 bits per heavy atom. The molecule has 0 radical (unpaired) electrons. The molecule has 0 saturated carbocycles. The highest BCUT2D eigenvalue weighted by Gasteiger charge is 2.31. The summed E-state index contributed by atoms with van der Waals surface area (Å²) in [6.45, 7) is 3.71. The van der Waals surface area contributed by atoms with Gasteiger partial charge in [0.15, 0.2) is 0 Å². The van der Waals surface area contributed by atoms with E-state index in [0.29, 0.717) is 31.8 Å². The molecule has 1 atom stereocenters. The highest BCUT2D eigenvalue weighted by molar-refractivity contribution is 6.00. The van der Waals surface area contributed by atoms with Crippen molar-refractivity contribution >= 4 is 34.2 Å². The molecule has 1 aromatic heterocycles. The zero-order chi connectivity index (χ0) is 26.2. The molecule has 2 N–H and O–H groups in total. The fourth-order valence-electron chi connectivity index (χ4n) is 6.07. The van der Waals surface area contributed by atoms with Gasteiger partial charge < -0.3 is 29.5 Å². The van der Waals surface area contributed by atoms with Gasteiger partial charge in [-0.1, -0.05) is 18.2 Å². The Hall–Kier alpha value is -3.85.